The molecule has 286 valence electrons. The molecule has 8 aromatic rings. The van der Waals surface area contributed by atoms with E-state index in [1.54, 1.807) is 64.6 Å². The molecule has 4 heteroatoms. The summed E-state index contributed by atoms with van der Waals surface area (Å²) >= 11 is 0. The fraction of sp³-hybridized carbons (Fsp3) is 0.245. The molecule has 0 aliphatic carbocycles. The summed E-state index contributed by atoms with van der Waals surface area (Å²) in [4.78, 5) is 0. The molecule has 1 aliphatic heterocycles. The van der Waals surface area contributed by atoms with E-state index in [9.17, 15) is 0 Å². The Morgan fingerprint density at radius 2 is 0.474 bits per heavy atom. The lowest BCUT2D eigenvalue weighted by atomic mass is 10.0. The van der Waals surface area contributed by atoms with Gasteiger partial charge >= 0.3 is 0 Å². The first kappa shape index (κ1) is 38.5. The molecule has 5 heterocycles. The second kappa shape index (κ2) is 15.6. The number of rotatable bonds is 4. The van der Waals surface area contributed by atoms with Crippen LogP contribution >= 0.6 is 30.1 Å². The standard InChI is InChI=1S/C53H54P4/c1-34-38(5)50-52-40(7)36(3)48(44-27-17-11-18-28-44)56(52)33-57-49(45-29-19-12-20-30-45)37(4)41(8)53(57)51-39(6)35(2)47(43-25-15-10-16-26-43)55(51)32-22-21-31-54(50)46(34)42-23-13-9-14-24-42/h9-20,23-30H,21-22,31-33H2,1-8H3. The van der Waals surface area contributed by atoms with E-state index in [-0.39, 0.29) is 0 Å². The van der Waals surface area contributed by atoms with E-state index in [1.807, 2.05) is 0 Å². The molecule has 0 amide bonds. The fourth-order valence-electron chi connectivity index (χ4n) is 9.99. The van der Waals surface area contributed by atoms with Gasteiger partial charge in [0.05, 0.1) is 0 Å². The van der Waals surface area contributed by atoms with Crippen LogP contribution in [0.2, 0.25) is 0 Å². The third-order valence-electron chi connectivity index (χ3n) is 13.2. The summed E-state index contributed by atoms with van der Waals surface area (Å²) in [5, 5.41) is 13.5. The van der Waals surface area contributed by atoms with Gasteiger partial charge in [-0.1, -0.05) is 136 Å². The summed E-state index contributed by atoms with van der Waals surface area (Å²) in [5.41, 5.74) is 18.1. The maximum atomic E-state index is 2.49. The molecule has 4 atom stereocenters. The SMILES string of the molecule is Cc1c(C)c2p(c1-c1ccccc1)CCCCp1c(-c3ccccc3)c(C)c(C)c1-c1c(C)c(C)c(-c3ccccc3)p1Cp1c(-c3ccccc3)c(C)c(C)c1-2. The highest BCUT2D eigenvalue weighted by molar-refractivity contribution is 7.73. The normalized spacial score (nSPS) is 14.2. The molecule has 4 unspecified atom stereocenters. The highest BCUT2D eigenvalue weighted by Crippen LogP contribution is 2.72. The van der Waals surface area contributed by atoms with Crippen molar-refractivity contribution < 1.29 is 0 Å². The molecule has 0 nitrogen and oxygen atoms in total. The van der Waals surface area contributed by atoms with Gasteiger partial charge < -0.3 is 0 Å². The largest absolute Gasteiger partial charge is 0.108 e. The predicted molar refractivity (Wildman–Crippen MR) is 259 cm³/mol. The molecule has 4 aromatic heterocycles. The van der Waals surface area contributed by atoms with Crippen LogP contribution in [0.25, 0.3) is 64.6 Å². The lowest BCUT2D eigenvalue weighted by molar-refractivity contribution is 0.828. The molecular formula is C53H54P4. The third kappa shape index (κ3) is 6.36. The lowest BCUT2D eigenvalue weighted by Gasteiger charge is -2.18. The molecular weight excluding hydrogens is 760 g/mol. The van der Waals surface area contributed by atoms with Crippen LogP contribution in [0.3, 0.4) is 0 Å². The van der Waals surface area contributed by atoms with Crippen molar-refractivity contribution in [2.75, 3.05) is 0 Å². The summed E-state index contributed by atoms with van der Waals surface area (Å²) < 4.78 is 0. The monoisotopic (exact) mass is 814 g/mol. The highest BCUT2D eigenvalue weighted by Gasteiger charge is 2.33. The van der Waals surface area contributed by atoms with Crippen LogP contribution in [0.5, 0.6) is 0 Å². The maximum absolute atomic E-state index is 2.49. The smallest absolute Gasteiger partial charge is 0.0270 e. The van der Waals surface area contributed by atoms with Crippen molar-refractivity contribution in [1.29, 1.82) is 0 Å². The number of benzene rings is 4. The summed E-state index contributed by atoms with van der Waals surface area (Å²) in [6.07, 6.45) is 5.05. The van der Waals surface area contributed by atoms with Crippen LogP contribution in [0.4, 0.5) is 0 Å². The average Bonchev–Trinajstić information content (AvgIpc) is 3.82. The van der Waals surface area contributed by atoms with Crippen molar-refractivity contribution in [2.24, 2.45) is 0 Å². The van der Waals surface area contributed by atoms with Crippen molar-refractivity contribution in [2.45, 2.75) is 86.5 Å². The minimum absolute atomic E-state index is 0.521. The Balaban J connectivity index is 1.44. The van der Waals surface area contributed by atoms with E-state index in [1.165, 1.54) is 75.6 Å². The predicted octanol–water partition coefficient (Wildman–Crippen LogP) is 18.4. The topological polar surface area (TPSA) is 0 Å². The van der Waals surface area contributed by atoms with Gasteiger partial charge in [0, 0.05) is 48.3 Å². The molecule has 0 bridgehead atoms. The average molecular weight is 815 g/mol. The number of fused-ring (bicyclic) bond motifs is 6. The van der Waals surface area contributed by atoms with Crippen LogP contribution in [-0.4, -0.2) is 0 Å². The van der Waals surface area contributed by atoms with E-state index in [2.05, 4.69) is 177 Å². The molecule has 0 radical (unpaired) electrons. The Bertz CT molecular complexity index is 2560. The first-order valence-corrected chi connectivity index (χ1v) is 26.8. The molecule has 0 spiro atoms. The van der Waals surface area contributed by atoms with Gasteiger partial charge in [0.25, 0.3) is 0 Å². The fourth-order valence-corrected chi connectivity index (χ4v) is 25.8. The molecule has 57 heavy (non-hydrogen) atoms. The Kier molecular flexibility index (Phi) is 10.6. The highest BCUT2D eigenvalue weighted by atomic mass is 31.2. The van der Waals surface area contributed by atoms with Crippen LogP contribution in [0.1, 0.15) is 57.3 Å². The van der Waals surface area contributed by atoms with Gasteiger partial charge in [-0.15, -0.1) is 15.1 Å². The summed E-state index contributed by atoms with van der Waals surface area (Å²) in [5.74, 6) is 1.20. The molecule has 0 saturated heterocycles. The zero-order valence-corrected chi connectivity index (χ0v) is 38.4. The summed E-state index contributed by atoms with van der Waals surface area (Å²) in [6, 6.07) is 46.0. The molecule has 0 fully saturated rings. The Labute approximate surface area is 345 Å². The molecule has 1 aliphatic rings. The van der Waals surface area contributed by atoms with Gasteiger partial charge in [0.2, 0.25) is 0 Å². The third-order valence-corrected chi connectivity index (χ3v) is 26.3. The zero-order chi connectivity index (χ0) is 39.5. The minimum Gasteiger partial charge on any atom is -0.108 e. The minimum atomic E-state index is -0.668. The Morgan fingerprint density at radius 3 is 0.737 bits per heavy atom. The first-order valence-electron chi connectivity index (χ1n) is 20.7. The van der Waals surface area contributed by atoms with Gasteiger partial charge in [0.1, 0.15) is 0 Å². The molecule has 9 rings (SSSR count). The second-order valence-corrected chi connectivity index (χ2v) is 25.3. The van der Waals surface area contributed by atoms with Gasteiger partial charge in [-0.2, -0.15) is 0 Å². The van der Waals surface area contributed by atoms with Gasteiger partial charge in [0.15, 0.2) is 0 Å². The van der Waals surface area contributed by atoms with E-state index >= 15 is 0 Å². The van der Waals surface area contributed by atoms with Crippen molar-refractivity contribution in [3.63, 3.8) is 0 Å². The van der Waals surface area contributed by atoms with E-state index < -0.39 is 30.1 Å². The Hall–Kier alpha value is -4.00. The Morgan fingerprint density at radius 1 is 0.263 bits per heavy atom. The van der Waals surface area contributed by atoms with Crippen molar-refractivity contribution in [3.8, 4) is 64.6 Å². The summed E-state index contributed by atoms with van der Waals surface area (Å²) in [6.45, 7) is 19.7. The van der Waals surface area contributed by atoms with Crippen molar-refractivity contribution in [1.82, 2.24) is 0 Å². The summed E-state index contributed by atoms with van der Waals surface area (Å²) in [7, 11) is -2.38. The van der Waals surface area contributed by atoms with Crippen molar-refractivity contribution >= 4 is 30.1 Å². The van der Waals surface area contributed by atoms with Crippen LogP contribution in [0, 0.1) is 55.4 Å². The van der Waals surface area contributed by atoms with Crippen LogP contribution < -0.4 is 0 Å². The molecule has 4 aromatic carbocycles. The van der Waals surface area contributed by atoms with Crippen LogP contribution in [0.15, 0.2) is 121 Å². The quantitative estimate of drug-likeness (QED) is 0.166. The van der Waals surface area contributed by atoms with E-state index in [0.29, 0.717) is 0 Å². The molecule has 0 saturated carbocycles. The molecule has 0 N–H and O–H groups in total. The van der Waals surface area contributed by atoms with Gasteiger partial charge in [-0.3, -0.25) is 0 Å². The lowest BCUT2D eigenvalue weighted by Crippen LogP contribution is -1.83. The zero-order valence-electron chi connectivity index (χ0n) is 34.9. The maximum Gasteiger partial charge on any atom is 0.0270 e. The van der Waals surface area contributed by atoms with Gasteiger partial charge in [-0.25, -0.2) is 0 Å². The van der Waals surface area contributed by atoms with Crippen molar-refractivity contribution in [3.05, 3.63) is 166 Å². The first-order chi connectivity index (χ1) is 27.7. The van der Waals surface area contributed by atoms with E-state index in [0.717, 1.165) is 0 Å². The van der Waals surface area contributed by atoms with Crippen LogP contribution in [-0.2, 0) is 18.2 Å². The van der Waals surface area contributed by atoms with Gasteiger partial charge in [-0.05, 0) is 147 Å². The number of hydrogen-bond acceptors (Lipinski definition) is 0. The van der Waals surface area contributed by atoms with E-state index in [4.69, 9.17) is 0 Å². The second-order valence-electron chi connectivity index (χ2n) is 16.3. The number of hydrogen-bond donors (Lipinski definition) is 0.